The first-order valence-corrected chi connectivity index (χ1v) is 6.76. The molecule has 0 aliphatic heterocycles. The Morgan fingerprint density at radius 3 is 2.95 bits per heavy atom. The third-order valence-electron chi connectivity index (χ3n) is 3.37. The van der Waals surface area contributed by atoms with E-state index in [0.717, 1.165) is 33.9 Å². The summed E-state index contributed by atoms with van der Waals surface area (Å²) < 4.78 is 5.31. The third kappa shape index (κ3) is 2.13. The largest absolute Gasteiger partial charge is 0.426 e. The van der Waals surface area contributed by atoms with E-state index in [1.807, 2.05) is 38.1 Å². The van der Waals surface area contributed by atoms with E-state index in [1.165, 1.54) is 0 Å². The van der Waals surface area contributed by atoms with Gasteiger partial charge < -0.3 is 9.72 Å². The first-order chi connectivity index (χ1) is 9.69. The van der Waals surface area contributed by atoms with Gasteiger partial charge in [-0.2, -0.15) is 0 Å². The second-order valence-corrected chi connectivity index (χ2v) is 4.88. The van der Waals surface area contributed by atoms with Gasteiger partial charge in [-0.25, -0.2) is 0 Å². The summed E-state index contributed by atoms with van der Waals surface area (Å²) in [5, 5.41) is 2.25. The minimum atomic E-state index is -0.194. The van der Waals surface area contributed by atoms with E-state index in [2.05, 4.69) is 9.97 Å². The summed E-state index contributed by atoms with van der Waals surface area (Å²) in [6.07, 6.45) is 3.03. The van der Waals surface area contributed by atoms with Crippen LogP contribution in [0.15, 0.2) is 30.5 Å². The molecular formula is C16H16N2O2. The van der Waals surface area contributed by atoms with Gasteiger partial charge in [-0.1, -0.05) is 6.92 Å². The minimum absolute atomic E-state index is 0.194. The first-order valence-electron chi connectivity index (χ1n) is 6.76. The van der Waals surface area contributed by atoms with Crippen LogP contribution in [0.3, 0.4) is 0 Å². The molecule has 0 atom stereocenters. The van der Waals surface area contributed by atoms with E-state index in [1.54, 1.807) is 6.20 Å². The quantitative estimate of drug-likeness (QED) is 0.581. The number of fused-ring (bicyclic) bond motifs is 3. The number of nitrogens with zero attached hydrogens (tertiary/aromatic N) is 1. The fraction of sp³-hybridized carbons (Fsp3) is 0.250. The van der Waals surface area contributed by atoms with Crippen LogP contribution in [0.4, 0.5) is 0 Å². The lowest BCUT2D eigenvalue weighted by Crippen LogP contribution is -2.06. The van der Waals surface area contributed by atoms with Gasteiger partial charge in [0, 0.05) is 29.5 Å². The Hall–Kier alpha value is -2.36. The lowest BCUT2D eigenvalue weighted by atomic mass is 10.1. The Morgan fingerprint density at radius 1 is 1.30 bits per heavy atom. The zero-order valence-corrected chi connectivity index (χ0v) is 11.6. The van der Waals surface area contributed by atoms with Gasteiger partial charge in [-0.05, 0) is 31.5 Å². The van der Waals surface area contributed by atoms with Crippen molar-refractivity contribution in [2.75, 3.05) is 0 Å². The van der Waals surface area contributed by atoms with Gasteiger partial charge in [-0.15, -0.1) is 0 Å². The molecule has 0 spiro atoms. The van der Waals surface area contributed by atoms with Crippen LogP contribution in [0.5, 0.6) is 5.75 Å². The van der Waals surface area contributed by atoms with E-state index >= 15 is 0 Å². The van der Waals surface area contributed by atoms with Crippen LogP contribution >= 0.6 is 0 Å². The van der Waals surface area contributed by atoms with Gasteiger partial charge in [-0.3, -0.25) is 9.78 Å². The van der Waals surface area contributed by atoms with Gasteiger partial charge in [0.25, 0.3) is 0 Å². The highest BCUT2D eigenvalue weighted by Crippen LogP contribution is 2.29. The number of esters is 1. The van der Waals surface area contributed by atoms with Gasteiger partial charge >= 0.3 is 5.97 Å². The maximum absolute atomic E-state index is 11.5. The maximum Gasteiger partial charge on any atom is 0.311 e. The molecule has 1 aromatic carbocycles. The Morgan fingerprint density at radius 2 is 2.15 bits per heavy atom. The molecule has 4 nitrogen and oxygen atoms in total. The topological polar surface area (TPSA) is 55.0 Å². The highest BCUT2D eigenvalue weighted by Gasteiger charge is 2.09. The monoisotopic (exact) mass is 268 g/mol. The fourth-order valence-corrected chi connectivity index (χ4v) is 2.40. The van der Waals surface area contributed by atoms with E-state index < -0.39 is 0 Å². The predicted octanol–water partition coefficient (Wildman–Crippen LogP) is 3.73. The highest BCUT2D eigenvalue weighted by atomic mass is 16.5. The summed E-state index contributed by atoms with van der Waals surface area (Å²) in [6, 6.07) is 7.66. The van der Waals surface area contributed by atoms with Gasteiger partial charge in [0.15, 0.2) is 0 Å². The molecule has 3 aromatic rings. The standard InChI is InChI=1S/C16H16N2O2/c1-3-4-15(19)20-11-5-6-12-13-7-8-17-10(2)16(13)18-14(12)9-11/h5-9,18H,3-4H2,1-2H3. The minimum Gasteiger partial charge on any atom is -0.426 e. The Bertz CT molecular complexity index is 790. The number of aromatic nitrogens is 2. The third-order valence-corrected chi connectivity index (χ3v) is 3.37. The Labute approximate surface area is 116 Å². The molecule has 2 heterocycles. The summed E-state index contributed by atoms with van der Waals surface area (Å²) in [5.74, 6) is 0.383. The molecule has 0 unspecified atom stereocenters. The lowest BCUT2D eigenvalue weighted by Gasteiger charge is -2.03. The Balaban J connectivity index is 2.05. The maximum atomic E-state index is 11.5. The molecule has 0 saturated heterocycles. The molecule has 0 aliphatic carbocycles. The number of aromatic amines is 1. The van der Waals surface area contributed by atoms with Gasteiger partial charge in [0.1, 0.15) is 5.75 Å². The van der Waals surface area contributed by atoms with Gasteiger partial charge in [0.2, 0.25) is 0 Å². The van der Waals surface area contributed by atoms with Crippen LogP contribution in [0.25, 0.3) is 21.8 Å². The number of carbonyl (C=O) groups excluding carboxylic acids is 1. The molecule has 0 aliphatic rings. The second-order valence-electron chi connectivity index (χ2n) is 4.88. The van der Waals surface area contributed by atoms with Crippen molar-refractivity contribution in [2.45, 2.75) is 26.7 Å². The van der Waals surface area contributed by atoms with Crippen LogP contribution in [0.1, 0.15) is 25.5 Å². The summed E-state index contributed by atoms with van der Waals surface area (Å²) in [5.41, 5.74) is 2.95. The van der Waals surface area contributed by atoms with Crippen LogP contribution < -0.4 is 4.74 Å². The molecule has 2 aromatic heterocycles. The summed E-state index contributed by atoms with van der Waals surface area (Å²) in [7, 11) is 0. The molecule has 3 rings (SSSR count). The van der Waals surface area contributed by atoms with Crippen molar-refractivity contribution in [1.82, 2.24) is 9.97 Å². The molecule has 0 fully saturated rings. The molecule has 0 bridgehead atoms. The number of nitrogens with one attached hydrogen (secondary N) is 1. The van der Waals surface area contributed by atoms with Gasteiger partial charge in [0.05, 0.1) is 16.7 Å². The zero-order chi connectivity index (χ0) is 14.1. The number of benzene rings is 1. The molecule has 0 amide bonds. The molecule has 0 radical (unpaired) electrons. The molecule has 1 N–H and O–H groups in total. The van der Waals surface area contributed by atoms with Crippen molar-refractivity contribution in [1.29, 1.82) is 0 Å². The van der Waals surface area contributed by atoms with Crippen molar-refractivity contribution in [3.63, 3.8) is 0 Å². The van der Waals surface area contributed by atoms with Crippen LogP contribution in [0.2, 0.25) is 0 Å². The highest BCUT2D eigenvalue weighted by molar-refractivity contribution is 6.08. The number of aryl methyl sites for hydroxylation is 1. The summed E-state index contributed by atoms with van der Waals surface area (Å²) in [4.78, 5) is 19.2. The van der Waals surface area contributed by atoms with E-state index in [9.17, 15) is 4.79 Å². The first kappa shape index (κ1) is 12.7. The molecule has 0 saturated carbocycles. The van der Waals surface area contributed by atoms with Crippen molar-refractivity contribution in [2.24, 2.45) is 0 Å². The van der Waals surface area contributed by atoms with Crippen LogP contribution in [0, 0.1) is 6.92 Å². The normalized spacial score (nSPS) is 11.1. The molecule has 20 heavy (non-hydrogen) atoms. The molecular weight excluding hydrogens is 252 g/mol. The number of H-pyrrole nitrogens is 1. The SMILES string of the molecule is CCCC(=O)Oc1ccc2c(c1)[nH]c1c(C)nccc12. The van der Waals surface area contributed by atoms with Crippen molar-refractivity contribution in [3.8, 4) is 5.75 Å². The van der Waals surface area contributed by atoms with Crippen molar-refractivity contribution in [3.05, 3.63) is 36.2 Å². The average Bonchev–Trinajstić information content (AvgIpc) is 2.78. The Kier molecular flexibility index (Phi) is 3.14. The van der Waals surface area contributed by atoms with Crippen LogP contribution in [-0.2, 0) is 4.79 Å². The second kappa shape index (κ2) is 4.96. The van der Waals surface area contributed by atoms with E-state index in [0.29, 0.717) is 12.2 Å². The van der Waals surface area contributed by atoms with E-state index in [-0.39, 0.29) is 5.97 Å². The van der Waals surface area contributed by atoms with Crippen molar-refractivity contribution < 1.29 is 9.53 Å². The zero-order valence-electron chi connectivity index (χ0n) is 11.6. The molecule has 102 valence electrons. The fourth-order valence-electron chi connectivity index (χ4n) is 2.40. The number of carbonyl (C=O) groups is 1. The number of hydrogen-bond donors (Lipinski definition) is 1. The lowest BCUT2D eigenvalue weighted by molar-refractivity contribution is -0.134. The number of ether oxygens (including phenoxy) is 1. The summed E-state index contributed by atoms with van der Waals surface area (Å²) >= 11 is 0. The summed E-state index contributed by atoms with van der Waals surface area (Å²) in [6.45, 7) is 3.93. The predicted molar refractivity (Wildman–Crippen MR) is 78.9 cm³/mol. The molecule has 4 heteroatoms. The number of pyridine rings is 1. The number of rotatable bonds is 3. The van der Waals surface area contributed by atoms with Crippen LogP contribution in [-0.4, -0.2) is 15.9 Å². The number of hydrogen-bond acceptors (Lipinski definition) is 3. The smallest absolute Gasteiger partial charge is 0.311 e. The average molecular weight is 268 g/mol. The van der Waals surface area contributed by atoms with E-state index in [4.69, 9.17) is 4.74 Å². The van der Waals surface area contributed by atoms with Crippen molar-refractivity contribution >= 4 is 27.8 Å².